The molecule has 0 spiro atoms. The fourth-order valence-corrected chi connectivity index (χ4v) is 1.68. The average Bonchev–Trinajstić information content (AvgIpc) is 2.45. The number of methoxy groups -OCH3 is 1. The Kier molecular flexibility index (Phi) is 5.64. The highest BCUT2D eigenvalue weighted by atomic mass is 16.5. The average molecular weight is 262 g/mol. The van der Waals surface area contributed by atoms with Gasteiger partial charge in [-0.05, 0) is 18.0 Å². The topological polar surface area (TPSA) is 122 Å². The number of hydrogen-bond acceptors (Lipinski definition) is 5. The Hall–Kier alpha value is -2.26. The molecule has 0 saturated heterocycles. The van der Waals surface area contributed by atoms with Gasteiger partial charge in [0, 0.05) is 17.0 Å². The third-order valence-electron chi connectivity index (χ3n) is 2.66. The van der Waals surface area contributed by atoms with E-state index in [1.54, 1.807) is 18.2 Å². The van der Waals surface area contributed by atoms with E-state index in [9.17, 15) is 10.2 Å². The number of aliphatic hydroxyl groups is 2. The van der Waals surface area contributed by atoms with E-state index in [2.05, 4.69) is 10.0 Å². The first-order valence-electron chi connectivity index (χ1n) is 5.59. The lowest BCUT2D eigenvalue weighted by Gasteiger charge is -2.19. The van der Waals surface area contributed by atoms with Crippen molar-refractivity contribution in [3.05, 3.63) is 39.8 Å². The van der Waals surface area contributed by atoms with Gasteiger partial charge in [-0.3, -0.25) is 0 Å². The van der Waals surface area contributed by atoms with Crippen LogP contribution in [0.5, 0.6) is 5.75 Å². The molecule has 1 aromatic carbocycles. The van der Waals surface area contributed by atoms with Gasteiger partial charge in [-0.1, -0.05) is 17.2 Å². The number of ether oxygens (including phenoxy) is 1. The first kappa shape index (κ1) is 14.8. The lowest BCUT2D eigenvalue weighted by Crippen LogP contribution is -2.20. The summed E-state index contributed by atoms with van der Waals surface area (Å²) in [6.45, 7) is 0.0700. The molecule has 0 saturated carbocycles. The summed E-state index contributed by atoms with van der Waals surface area (Å²) in [7, 11) is 1.42. The minimum Gasteiger partial charge on any atom is -0.495 e. The van der Waals surface area contributed by atoms with Gasteiger partial charge in [0.15, 0.2) is 0 Å². The smallest absolute Gasteiger partial charge is 0.137 e. The summed E-state index contributed by atoms with van der Waals surface area (Å²) in [5.41, 5.74) is 8.61. The molecule has 2 atom stereocenters. The number of rotatable bonds is 6. The lowest BCUT2D eigenvalue weighted by atomic mass is 9.97. The van der Waals surface area contributed by atoms with Gasteiger partial charge in [0.05, 0.1) is 18.8 Å². The van der Waals surface area contributed by atoms with Crippen molar-refractivity contribution >= 4 is 0 Å². The van der Waals surface area contributed by atoms with Gasteiger partial charge < -0.3 is 14.9 Å². The van der Waals surface area contributed by atoms with Gasteiger partial charge in [-0.25, -0.2) is 0 Å². The normalized spacial score (nSPS) is 12.9. The molecule has 1 aromatic rings. The summed E-state index contributed by atoms with van der Waals surface area (Å²) in [5, 5.41) is 32.2. The summed E-state index contributed by atoms with van der Waals surface area (Å²) in [6.07, 6.45) is -2.25. The van der Waals surface area contributed by atoms with Gasteiger partial charge in [-0.2, -0.15) is 5.26 Å². The molecule has 0 aliphatic carbocycles. The second-order valence-electron chi connectivity index (χ2n) is 3.79. The van der Waals surface area contributed by atoms with Crippen molar-refractivity contribution in [3.63, 3.8) is 0 Å². The Bertz CT molecular complexity index is 520. The van der Waals surface area contributed by atoms with Crippen LogP contribution in [0.15, 0.2) is 23.3 Å². The third-order valence-corrected chi connectivity index (χ3v) is 2.66. The van der Waals surface area contributed by atoms with E-state index in [1.807, 2.05) is 6.07 Å². The van der Waals surface area contributed by atoms with Crippen LogP contribution in [0, 0.1) is 11.3 Å². The van der Waals surface area contributed by atoms with Crippen LogP contribution in [0.25, 0.3) is 10.4 Å². The molecule has 1 rings (SSSR count). The number of nitrogens with zero attached hydrogens (tertiary/aromatic N) is 4. The van der Waals surface area contributed by atoms with E-state index >= 15 is 0 Å². The van der Waals surface area contributed by atoms with E-state index in [0.29, 0.717) is 5.75 Å². The van der Waals surface area contributed by atoms with Gasteiger partial charge in [0.1, 0.15) is 17.9 Å². The molecule has 2 unspecified atom stereocenters. The van der Waals surface area contributed by atoms with Crippen molar-refractivity contribution in [2.75, 3.05) is 13.7 Å². The van der Waals surface area contributed by atoms with E-state index < -0.39 is 12.2 Å². The molecule has 0 heterocycles. The van der Waals surface area contributed by atoms with Crippen molar-refractivity contribution in [1.82, 2.24) is 0 Å². The van der Waals surface area contributed by atoms with Gasteiger partial charge >= 0.3 is 0 Å². The first-order chi connectivity index (χ1) is 9.15. The van der Waals surface area contributed by atoms with Crippen LogP contribution in [0.3, 0.4) is 0 Å². The van der Waals surface area contributed by atoms with Crippen LogP contribution in [0.1, 0.15) is 23.7 Å². The van der Waals surface area contributed by atoms with Crippen molar-refractivity contribution < 1.29 is 14.9 Å². The number of aliphatic hydroxyl groups excluding tert-OH is 2. The Balaban J connectivity index is 2.96. The molecule has 2 N–H and O–H groups in total. The van der Waals surface area contributed by atoms with Crippen LogP contribution < -0.4 is 4.74 Å². The highest BCUT2D eigenvalue weighted by Crippen LogP contribution is 2.28. The second-order valence-corrected chi connectivity index (χ2v) is 3.79. The van der Waals surface area contributed by atoms with Gasteiger partial charge in [-0.15, -0.1) is 0 Å². The SMILES string of the molecule is COc1cccc(C(O)C(O)CCN=[N+]=[N-])c1C#N. The Morgan fingerprint density at radius 1 is 1.53 bits per heavy atom. The van der Waals surface area contributed by atoms with Crippen molar-refractivity contribution in [1.29, 1.82) is 5.26 Å². The molecule has 7 heteroatoms. The molecule has 0 aromatic heterocycles. The zero-order valence-electron chi connectivity index (χ0n) is 10.4. The van der Waals surface area contributed by atoms with Gasteiger partial charge in [0.25, 0.3) is 0 Å². The number of nitriles is 1. The largest absolute Gasteiger partial charge is 0.495 e. The highest BCUT2D eigenvalue weighted by molar-refractivity contribution is 5.49. The fraction of sp³-hybridized carbons (Fsp3) is 0.417. The monoisotopic (exact) mass is 262 g/mol. The summed E-state index contributed by atoms with van der Waals surface area (Å²) >= 11 is 0. The van der Waals surface area contributed by atoms with Crippen molar-refractivity contribution in [3.8, 4) is 11.8 Å². The minimum atomic E-state index is -1.24. The molecule has 0 fully saturated rings. The molecular formula is C12H14N4O3. The molecule has 19 heavy (non-hydrogen) atoms. The van der Waals surface area contributed by atoms with Crippen LogP contribution in [-0.2, 0) is 0 Å². The zero-order valence-corrected chi connectivity index (χ0v) is 10.4. The molecule has 0 radical (unpaired) electrons. The molecular weight excluding hydrogens is 248 g/mol. The number of benzene rings is 1. The quantitative estimate of drug-likeness (QED) is 0.459. The molecule has 100 valence electrons. The van der Waals surface area contributed by atoms with E-state index in [0.717, 1.165) is 0 Å². The maximum Gasteiger partial charge on any atom is 0.137 e. The van der Waals surface area contributed by atoms with Crippen molar-refractivity contribution in [2.24, 2.45) is 5.11 Å². The first-order valence-corrected chi connectivity index (χ1v) is 5.59. The number of hydrogen-bond donors (Lipinski definition) is 2. The van der Waals surface area contributed by atoms with E-state index in [1.165, 1.54) is 7.11 Å². The Labute approximate surface area is 110 Å². The van der Waals surface area contributed by atoms with E-state index in [-0.39, 0.29) is 24.1 Å². The van der Waals surface area contributed by atoms with Crippen LogP contribution in [0.2, 0.25) is 0 Å². The Morgan fingerprint density at radius 2 is 2.26 bits per heavy atom. The maximum absolute atomic E-state index is 10.0. The second kappa shape index (κ2) is 7.24. The molecule has 0 amide bonds. The summed E-state index contributed by atoms with van der Waals surface area (Å²) in [4.78, 5) is 2.56. The number of azide groups is 1. The predicted molar refractivity (Wildman–Crippen MR) is 67.3 cm³/mol. The predicted octanol–water partition coefficient (Wildman–Crippen LogP) is 1.66. The van der Waals surface area contributed by atoms with Crippen LogP contribution in [0.4, 0.5) is 0 Å². The molecule has 0 bridgehead atoms. The minimum absolute atomic E-state index is 0.0700. The lowest BCUT2D eigenvalue weighted by molar-refractivity contribution is 0.0148. The summed E-state index contributed by atoms with van der Waals surface area (Å²) in [6, 6.07) is 6.71. The van der Waals surface area contributed by atoms with Crippen molar-refractivity contribution in [2.45, 2.75) is 18.6 Å². The van der Waals surface area contributed by atoms with Gasteiger partial charge in [0.2, 0.25) is 0 Å². The molecule has 7 nitrogen and oxygen atoms in total. The van der Waals surface area contributed by atoms with Crippen LogP contribution in [-0.4, -0.2) is 30.0 Å². The van der Waals surface area contributed by atoms with E-state index in [4.69, 9.17) is 15.5 Å². The highest BCUT2D eigenvalue weighted by Gasteiger charge is 2.22. The Morgan fingerprint density at radius 3 is 2.84 bits per heavy atom. The fourth-order valence-electron chi connectivity index (χ4n) is 1.68. The van der Waals surface area contributed by atoms with Crippen LogP contribution >= 0.6 is 0 Å². The summed E-state index contributed by atoms with van der Waals surface area (Å²) < 4.78 is 5.02. The third kappa shape index (κ3) is 3.60. The standard InChI is InChI=1S/C12H14N4O3/c1-19-11-4-2-3-8(9(11)7-13)12(18)10(17)5-6-15-16-14/h2-4,10,12,17-18H,5-6H2,1H3. The molecule has 0 aliphatic rings. The molecule has 0 aliphatic heterocycles. The summed E-state index contributed by atoms with van der Waals surface area (Å²) in [5.74, 6) is 0.335. The maximum atomic E-state index is 10.0. The zero-order chi connectivity index (χ0) is 14.3.